The van der Waals surface area contributed by atoms with Crippen LogP contribution < -0.4 is 0 Å². The summed E-state index contributed by atoms with van der Waals surface area (Å²) < 4.78 is 1.87. The zero-order valence-electron chi connectivity index (χ0n) is 17.2. The summed E-state index contributed by atoms with van der Waals surface area (Å²) in [6.45, 7) is 8.08. The maximum Gasteiger partial charge on any atom is 0.257 e. The van der Waals surface area contributed by atoms with Crippen LogP contribution in [-0.2, 0) is 6.54 Å². The molecule has 150 valence electrons. The van der Waals surface area contributed by atoms with E-state index in [0.717, 1.165) is 54.3 Å². The molecule has 0 aromatic carbocycles. The number of likely N-dealkylation sites (tertiary alicyclic amines) is 1. The van der Waals surface area contributed by atoms with Crippen LogP contribution in [0.4, 0.5) is 0 Å². The molecule has 4 rings (SSSR count). The van der Waals surface area contributed by atoms with Crippen molar-refractivity contribution in [2.45, 2.75) is 46.1 Å². The Kier molecular flexibility index (Phi) is 5.38. The number of aromatic nitrogens is 5. The van der Waals surface area contributed by atoms with Gasteiger partial charge in [-0.25, -0.2) is 9.97 Å². The van der Waals surface area contributed by atoms with Crippen molar-refractivity contribution in [3.05, 3.63) is 59.7 Å². The number of nitrogens with zero attached hydrogens (tertiary/aromatic N) is 6. The molecule has 0 spiro atoms. The number of piperidine rings is 1. The molecule has 7 heteroatoms. The van der Waals surface area contributed by atoms with E-state index in [1.54, 1.807) is 18.6 Å². The highest BCUT2D eigenvalue weighted by atomic mass is 16.2. The zero-order valence-corrected chi connectivity index (χ0v) is 17.2. The Morgan fingerprint density at radius 2 is 2.00 bits per heavy atom. The fourth-order valence-corrected chi connectivity index (χ4v) is 4.08. The van der Waals surface area contributed by atoms with Crippen LogP contribution in [0.2, 0.25) is 0 Å². The Morgan fingerprint density at radius 3 is 2.72 bits per heavy atom. The second kappa shape index (κ2) is 8.11. The number of carbonyl (C=O) groups excluding carboxylic acids is 1. The molecule has 0 radical (unpaired) electrons. The summed E-state index contributed by atoms with van der Waals surface area (Å²) in [5.74, 6) is 0.989. The molecule has 0 bridgehead atoms. The lowest BCUT2D eigenvalue weighted by Gasteiger charge is -2.33. The van der Waals surface area contributed by atoms with Gasteiger partial charge in [0, 0.05) is 55.4 Å². The summed E-state index contributed by atoms with van der Waals surface area (Å²) in [5.41, 5.74) is 4.71. The number of pyridine rings is 1. The Hall–Kier alpha value is -3.09. The van der Waals surface area contributed by atoms with Gasteiger partial charge in [0.25, 0.3) is 5.91 Å². The lowest BCUT2D eigenvalue weighted by atomic mass is 9.90. The monoisotopic (exact) mass is 390 g/mol. The van der Waals surface area contributed by atoms with E-state index in [0.29, 0.717) is 12.1 Å². The molecule has 0 saturated carbocycles. The van der Waals surface area contributed by atoms with Crippen LogP contribution in [0, 0.1) is 13.8 Å². The van der Waals surface area contributed by atoms with Crippen LogP contribution in [0.3, 0.4) is 0 Å². The van der Waals surface area contributed by atoms with Gasteiger partial charge in [0.1, 0.15) is 5.82 Å². The van der Waals surface area contributed by atoms with Crippen LogP contribution in [0.1, 0.15) is 53.3 Å². The fraction of sp³-hybridized carbons (Fsp3) is 0.409. The molecule has 1 amide bonds. The van der Waals surface area contributed by atoms with Crippen molar-refractivity contribution in [1.82, 2.24) is 29.6 Å². The van der Waals surface area contributed by atoms with E-state index in [2.05, 4.69) is 15.1 Å². The molecule has 7 nitrogen and oxygen atoms in total. The van der Waals surface area contributed by atoms with Crippen LogP contribution in [0.15, 0.2) is 36.9 Å². The standard InChI is InChI=1S/C22H26N6O/c1-4-28-15(2)19(13-25-28)22(29)27-11-5-6-18(14-27)21-20(12-24-16(3)26-21)17-7-9-23-10-8-17/h7-10,12-13,18H,4-6,11,14H2,1-3H3/t18-/m0/s1. The van der Waals surface area contributed by atoms with Gasteiger partial charge < -0.3 is 4.90 Å². The van der Waals surface area contributed by atoms with Crippen molar-refractivity contribution in [3.8, 4) is 11.1 Å². The van der Waals surface area contributed by atoms with Crippen LogP contribution >= 0.6 is 0 Å². The smallest absolute Gasteiger partial charge is 0.257 e. The molecular formula is C22H26N6O. The highest BCUT2D eigenvalue weighted by molar-refractivity contribution is 5.95. The van der Waals surface area contributed by atoms with Gasteiger partial charge in [-0.15, -0.1) is 0 Å². The summed E-state index contributed by atoms with van der Waals surface area (Å²) in [6, 6.07) is 3.96. The SMILES string of the molecule is CCn1ncc(C(=O)N2CCC[C@H](c3nc(C)ncc3-c3ccncc3)C2)c1C. The van der Waals surface area contributed by atoms with Gasteiger partial charge in [0.2, 0.25) is 0 Å². The number of hydrogen-bond acceptors (Lipinski definition) is 5. The minimum absolute atomic E-state index is 0.0585. The molecule has 29 heavy (non-hydrogen) atoms. The normalized spacial score (nSPS) is 16.8. The lowest BCUT2D eigenvalue weighted by Crippen LogP contribution is -2.39. The summed E-state index contributed by atoms with van der Waals surface area (Å²) in [5, 5.41) is 4.34. The van der Waals surface area contributed by atoms with E-state index in [4.69, 9.17) is 4.98 Å². The Bertz CT molecular complexity index is 1010. The first-order chi connectivity index (χ1) is 14.1. The predicted molar refractivity (Wildman–Crippen MR) is 111 cm³/mol. The number of carbonyl (C=O) groups is 1. The molecule has 0 unspecified atom stereocenters. The molecule has 1 saturated heterocycles. The van der Waals surface area contributed by atoms with E-state index in [-0.39, 0.29) is 11.8 Å². The van der Waals surface area contributed by atoms with Crippen molar-refractivity contribution < 1.29 is 4.79 Å². The molecule has 0 aliphatic carbocycles. The first kappa shape index (κ1) is 19.2. The Labute approximate surface area is 170 Å². The Morgan fingerprint density at radius 1 is 1.21 bits per heavy atom. The number of amides is 1. The zero-order chi connectivity index (χ0) is 20.4. The van der Waals surface area contributed by atoms with Crippen molar-refractivity contribution in [3.63, 3.8) is 0 Å². The van der Waals surface area contributed by atoms with Gasteiger partial charge in [-0.1, -0.05) is 0 Å². The Balaban J connectivity index is 1.63. The highest BCUT2D eigenvalue weighted by Gasteiger charge is 2.29. The van der Waals surface area contributed by atoms with Gasteiger partial charge in [-0.3, -0.25) is 14.5 Å². The quantitative estimate of drug-likeness (QED) is 0.682. The number of hydrogen-bond donors (Lipinski definition) is 0. The fourth-order valence-electron chi connectivity index (χ4n) is 4.08. The summed E-state index contributed by atoms with van der Waals surface area (Å²) >= 11 is 0. The molecule has 1 fully saturated rings. The molecule has 4 heterocycles. The molecule has 3 aromatic heterocycles. The second-order valence-electron chi connectivity index (χ2n) is 7.50. The third-order valence-corrected chi connectivity index (χ3v) is 5.66. The maximum atomic E-state index is 13.2. The molecule has 1 atom stereocenters. The van der Waals surface area contributed by atoms with Crippen molar-refractivity contribution >= 4 is 5.91 Å². The molecule has 0 N–H and O–H groups in total. The number of aryl methyl sites for hydroxylation is 2. The van der Waals surface area contributed by atoms with Crippen LogP contribution in [-0.4, -0.2) is 48.6 Å². The maximum absolute atomic E-state index is 13.2. The van der Waals surface area contributed by atoms with Crippen molar-refractivity contribution in [2.24, 2.45) is 0 Å². The second-order valence-corrected chi connectivity index (χ2v) is 7.50. The molecule has 1 aliphatic rings. The molecule has 3 aromatic rings. The largest absolute Gasteiger partial charge is 0.338 e. The summed E-state index contributed by atoms with van der Waals surface area (Å²) in [6.07, 6.45) is 9.11. The first-order valence-electron chi connectivity index (χ1n) is 10.1. The van der Waals surface area contributed by atoms with Gasteiger partial charge in [0.15, 0.2) is 0 Å². The lowest BCUT2D eigenvalue weighted by molar-refractivity contribution is 0.0705. The summed E-state index contributed by atoms with van der Waals surface area (Å²) in [7, 11) is 0. The van der Waals surface area contributed by atoms with Gasteiger partial charge in [0.05, 0.1) is 17.5 Å². The third kappa shape index (κ3) is 3.77. The van der Waals surface area contributed by atoms with Crippen LogP contribution in [0.5, 0.6) is 0 Å². The average Bonchev–Trinajstić information content (AvgIpc) is 3.14. The highest BCUT2D eigenvalue weighted by Crippen LogP contribution is 2.33. The number of rotatable bonds is 4. The van der Waals surface area contributed by atoms with Crippen molar-refractivity contribution in [1.29, 1.82) is 0 Å². The van der Waals surface area contributed by atoms with Crippen LogP contribution in [0.25, 0.3) is 11.1 Å². The van der Waals surface area contributed by atoms with E-state index in [9.17, 15) is 4.79 Å². The third-order valence-electron chi connectivity index (χ3n) is 5.66. The van der Waals surface area contributed by atoms with Gasteiger partial charge in [-0.2, -0.15) is 5.10 Å². The minimum atomic E-state index is 0.0585. The van der Waals surface area contributed by atoms with Gasteiger partial charge >= 0.3 is 0 Å². The van der Waals surface area contributed by atoms with Gasteiger partial charge in [-0.05, 0) is 51.3 Å². The minimum Gasteiger partial charge on any atom is -0.338 e. The van der Waals surface area contributed by atoms with E-state index in [1.165, 1.54) is 0 Å². The van der Waals surface area contributed by atoms with E-state index >= 15 is 0 Å². The first-order valence-corrected chi connectivity index (χ1v) is 10.1. The van der Waals surface area contributed by atoms with E-state index < -0.39 is 0 Å². The molecule has 1 aliphatic heterocycles. The van der Waals surface area contributed by atoms with E-state index in [1.807, 2.05) is 48.7 Å². The topological polar surface area (TPSA) is 76.8 Å². The average molecular weight is 390 g/mol. The molecular weight excluding hydrogens is 364 g/mol. The van der Waals surface area contributed by atoms with Crippen molar-refractivity contribution in [2.75, 3.05) is 13.1 Å². The summed E-state index contributed by atoms with van der Waals surface area (Å²) in [4.78, 5) is 28.4. The predicted octanol–water partition coefficient (Wildman–Crippen LogP) is 3.39.